The summed E-state index contributed by atoms with van der Waals surface area (Å²) in [4.78, 5) is 42.2. The Hall–Kier alpha value is -4.24. The number of benzene rings is 2. The van der Waals surface area contributed by atoms with Crippen molar-refractivity contribution in [2.24, 2.45) is 0 Å². The lowest BCUT2D eigenvalue weighted by Crippen LogP contribution is -2.32. The molecular formula is C23H17ClN4O5. The number of methoxy groups -OCH3 is 1. The number of hydrogen-bond donors (Lipinski definition) is 1. The van der Waals surface area contributed by atoms with Gasteiger partial charge in [-0.2, -0.15) is 0 Å². The molecule has 2 amide bonds. The lowest BCUT2D eigenvalue weighted by Gasteiger charge is -2.15. The molecule has 0 radical (unpaired) electrons. The van der Waals surface area contributed by atoms with Crippen molar-refractivity contribution in [3.05, 3.63) is 99.0 Å². The second-order valence-corrected chi connectivity index (χ2v) is 7.49. The summed E-state index contributed by atoms with van der Waals surface area (Å²) < 4.78 is 5.15. The van der Waals surface area contributed by atoms with Crippen LogP contribution in [-0.4, -0.2) is 33.7 Å². The van der Waals surface area contributed by atoms with Gasteiger partial charge in [0.1, 0.15) is 11.4 Å². The topological polar surface area (TPSA) is 115 Å². The van der Waals surface area contributed by atoms with E-state index in [9.17, 15) is 19.7 Å². The van der Waals surface area contributed by atoms with Crippen molar-refractivity contribution in [1.82, 2.24) is 9.88 Å². The van der Waals surface area contributed by atoms with Gasteiger partial charge in [-0.25, -0.2) is 0 Å². The SMILES string of the molecule is COc1ccc(NC2=C(c3ccc([N+](=O)[O-])cc3)C(=O)N(Cc3ccncc3)C2=O)cc1Cl. The molecule has 0 aliphatic carbocycles. The molecule has 1 aliphatic heterocycles. The van der Waals surface area contributed by atoms with Crippen molar-refractivity contribution in [2.45, 2.75) is 6.54 Å². The summed E-state index contributed by atoms with van der Waals surface area (Å²) in [7, 11) is 1.49. The number of amides is 2. The average Bonchev–Trinajstić information content (AvgIpc) is 3.04. The molecule has 1 aromatic heterocycles. The smallest absolute Gasteiger partial charge is 0.278 e. The standard InChI is InChI=1S/C23H17ClN4O5/c1-33-19-7-4-16(12-18(19)24)26-21-20(15-2-5-17(6-3-15)28(31)32)22(29)27(23(21)30)13-14-8-10-25-11-9-14/h2-12,26H,13H2,1H3. The average molecular weight is 465 g/mol. The molecule has 0 saturated heterocycles. The largest absolute Gasteiger partial charge is 0.495 e. The highest BCUT2D eigenvalue weighted by Gasteiger charge is 2.39. The van der Waals surface area contributed by atoms with Crippen LogP contribution in [0.2, 0.25) is 5.02 Å². The summed E-state index contributed by atoms with van der Waals surface area (Å²) >= 11 is 6.20. The van der Waals surface area contributed by atoms with Crippen molar-refractivity contribution >= 4 is 40.4 Å². The van der Waals surface area contributed by atoms with Crippen LogP contribution in [-0.2, 0) is 16.1 Å². The molecule has 10 heteroatoms. The van der Waals surface area contributed by atoms with Gasteiger partial charge >= 0.3 is 0 Å². The number of aromatic nitrogens is 1. The van der Waals surface area contributed by atoms with Crippen LogP contribution in [0.15, 0.2) is 72.7 Å². The summed E-state index contributed by atoms with van der Waals surface area (Å²) in [6.45, 7) is 0.0468. The number of nitro benzene ring substituents is 1. The van der Waals surface area contributed by atoms with Gasteiger partial charge in [-0.3, -0.25) is 29.6 Å². The number of anilines is 1. The molecule has 0 saturated carbocycles. The zero-order valence-corrected chi connectivity index (χ0v) is 18.1. The van der Waals surface area contributed by atoms with Gasteiger partial charge in [-0.05, 0) is 53.6 Å². The van der Waals surface area contributed by atoms with Gasteiger partial charge in [-0.15, -0.1) is 0 Å². The molecule has 0 spiro atoms. The minimum Gasteiger partial charge on any atom is -0.495 e. The number of nitrogens with zero attached hydrogens (tertiary/aromatic N) is 3. The third-order valence-corrected chi connectivity index (χ3v) is 5.34. The van der Waals surface area contributed by atoms with Gasteiger partial charge in [-0.1, -0.05) is 11.6 Å². The van der Waals surface area contributed by atoms with Gasteiger partial charge in [0.25, 0.3) is 17.5 Å². The molecule has 3 aromatic rings. The molecule has 1 aliphatic rings. The van der Waals surface area contributed by atoms with E-state index >= 15 is 0 Å². The van der Waals surface area contributed by atoms with Crippen LogP contribution in [0.25, 0.3) is 5.57 Å². The number of non-ortho nitro benzene ring substituents is 1. The summed E-state index contributed by atoms with van der Waals surface area (Å²) in [5, 5.41) is 14.3. The maximum absolute atomic E-state index is 13.3. The van der Waals surface area contributed by atoms with Gasteiger partial charge in [0, 0.05) is 30.2 Å². The molecule has 1 N–H and O–H groups in total. The van der Waals surface area contributed by atoms with E-state index in [0.29, 0.717) is 22.0 Å². The molecule has 9 nitrogen and oxygen atoms in total. The molecule has 33 heavy (non-hydrogen) atoms. The molecule has 0 atom stereocenters. The zero-order chi connectivity index (χ0) is 23.5. The quantitative estimate of drug-likeness (QED) is 0.318. The molecule has 0 bridgehead atoms. The highest BCUT2D eigenvalue weighted by molar-refractivity contribution is 6.36. The number of halogens is 1. The van der Waals surface area contributed by atoms with Crippen LogP contribution in [0.1, 0.15) is 11.1 Å². The first-order valence-corrected chi connectivity index (χ1v) is 10.1. The van der Waals surface area contributed by atoms with E-state index in [1.165, 1.54) is 31.4 Å². The van der Waals surface area contributed by atoms with Crippen molar-refractivity contribution in [2.75, 3.05) is 12.4 Å². The first kappa shape index (κ1) is 22.0. The van der Waals surface area contributed by atoms with Crippen molar-refractivity contribution < 1.29 is 19.2 Å². The number of rotatable bonds is 7. The van der Waals surface area contributed by atoms with Gasteiger partial charge in [0.2, 0.25) is 0 Å². The maximum Gasteiger partial charge on any atom is 0.278 e. The minimum absolute atomic E-state index is 0.0455. The van der Waals surface area contributed by atoms with E-state index in [1.54, 1.807) is 42.7 Å². The fourth-order valence-corrected chi connectivity index (χ4v) is 3.67. The van der Waals surface area contributed by atoms with E-state index in [4.69, 9.17) is 16.3 Å². The Morgan fingerprint density at radius 3 is 2.36 bits per heavy atom. The normalized spacial score (nSPS) is 13.5. The van der Waals surface area contributed by atoms with Crippen LogP contribution >= 0.6 is 11.6 Å². The molecule has 4 rings (SSSR count). The van der Waals surface area contributed by atoms with Crippen LogP contribution < -0.4 is 10.1 Å². The Balaban J connectivity index is 1.75. The third-order valence-electron chi connectivity index (χ3n) is 5.05. The number of imide groups is 1. The number of carbonyl (C=O) groups is 2. The minimum atomic E-state index is -0.534. The van der Waals surface area contributed by atoms with Gasteiger partial charge in [0.15, 0.2) is 0 Å². The predicted octanol–water partition coefficient (Wildman–Crippen LogP) is 4.04. The molecular weight excluding hydrogens is 448 g/mol. The van der Waals surface area contributed by atoms with Crippen LogP contribution in [0, 0.1) is 10.1 Å². The van der Waals surface area contributed by atoms with E-state index in [-0.39, 0.29) is 23.5 Å². The number of nitrogens with one attached hydrogen (secondary N) is 1. The first-order valence-electron chi connectivity index (χ1n) is 9.74. The van der Waals surface area contributed by atoms with Crippen molar-refractivity contribution in [3.63, 3.8) is 0 Å². The Bertz CT molecular complexity index is 1280. The van der Waals surface area contributed by atoms with E-state index in [1.807, 2.05) is 0 Å². The molecule has 2 heterocycles. The Labute approximate surface area is 193 Å². The lowest BCUT2D eigenvalue weighted by atomic mass is 10.0. The summed E-state index contributed by atoms with van der Waals surface area (Å²) in [5.41, 5.74) is 1.60. The Morgan fingerprint density at radius 2 is 1.76 bits per heavy atom. The fourth-order valence-electron chi connectivity index (χ4n) is 3.41. The monoisotopic (exact) mass is 464 g/mol. The molecule has 166 valence electrons. The van der Waals surface area contributed by atoms with Crippen molar-refractivity contribution in [1.29, 1.82) is 0 Å². The third kappa shape index (κ3) is 4.39. The van der Waals surface area contributed by atoms with Crippen LogP contribution in [0.5, 0.6) is 5.75 Å². The summed E-state index contributed by atoms with van der Waals surface area (Å²) in [5.74, 6) is -0.593. The second kappa shape index (κ2) is 9.09. The molecule has 0 unspecified atom stereocenters. The van der Waals surface area contributed by atoms with E-state index in [2.05, 4.69) is 10.3 Å². The maximum atomic E-state index is 13.3. The van der Waals surface area contributed by atoms with Crippen molar-refractivity contribution in [3.8, 4) is 5.75 Å². The number of ether oxygens (including phenoxy) is 1. The van der Waals surface area contributed by atoms with Crippen LogP contribution in [0.3, 0.4) is 0 Å². The Morgan fingerprint density at radius 1 is 1.06 bits per heavy atom. The lowest BCUT2D eigenvalue weighted by molar-refractivity contribution is -0.384. The number of carbonyl (C=O) groups excluding carboxylic acids is 2. The van der Waals surface area contributed by atoms with Crippen LogP contribution in [0.4, 0.5) is 11.4 Å². The second-order valence-electron chi connectivity index (χ2n) is 7.08. The van der Waals surface area contributed by atoms with Gasteiger partial charge < -0.3 is 10.1 Å². The van der Waals surface area contributed by atoms with E-state index in [0.717, 1.165) is 10.5 Å². The Kier molecular flexibility index (Phi) is 6.05. The summed E-state index contributed by atoms with van der Waals surface area (Å²) in [6, 6.07) is 13.7. The number of pyridine rings is 1. The first-order chi connectivity index (χ1) is 15.9. The predicted molar refractivity (Wildman–Crippen MR) is 121 cm³/mol. The zero-order valence-electron chi connectivity index (χ0n) is 17.3. The number of nitro groups is 1. The van der Waals surface area contributed by atoms with Gasteiger partial charge in [0.05, 0.1) is 29.2 Å². The fraction of sp³-hybridized carbons (Fsp3) is 0.0870. The highest BCUT2D eigenvalue weighted by atomic mass is 35.5. The molecule has 2 aromatic carbocycles. The van der Waals surface area contributed by atoms with E-state index < -0.39 is 16.7 Å². The summed E-state index contributed by atoms with van der Waals surface area (Å²) in [6.07, 6.45) is 3.15. The molecule has 0 fully saturated rings. The number of hydrogen-bond acceptors (Lipinski definition) is 7. The highest BCUT2D eigenvalue weighted by Crippen LogP contribution is 2.34.